The van der Waals surface area contributed by atoms with Gasteiger partial charge in [-0.05, 0) is 13.8 Å². The lowest BCUT2D eigenvalue weighted by Crippen LogP contribution is -2.09. The van der Waals surface area contributed by atoms with E-state index in [1.807, 2.05) is 6.92 Å². The van der Waals surface area contributed by atoms with E-state index in [1.165, 1.54) is 4.68 Å². The first-order valence-electron chi connectivity index (χ1n) is 4.28. The quantitative estimate of drug-likeness (QED) is 0.817. The topological polar surface area (TPSA) is 56.7 Å². The Kier molecular flexibility index (Phi) is 2.67. The number of halogens is 2. The van der Waals surface area contributed by atoms with Crippen LogP contribution in [-0.4, -0.2) is 19.9 Å². The first-order chi connectivity index (χ1) is 7.08. The molecule has 0 aromatic carbocycles. The molecule has 0 saturated heterocycles. The zero-order valence-electron chi connectivity index (χ0n) is 8.11. The van der Waals surface area contributed by atoms with E-state index in [4.69, 9.17) is 27.7 Å². The minimum Gasteiger partial charge on any atom is -0.337 e. The smallest absolute Gasteiger partial charge is 0.251 e. The van der Waals surface area contributed by atoms with Crippen molar-refractivity contribution in [2.75, 3.05) is 0 Å². The van der Waals surface area contributed by atoms with Crippen LogP contribution in [-0.2, 0) is 0 Å². The van der Waals surface area contributed by atoms with Gasteiger partial charge in [0.25, 0.3) is 5.89 Å². The maximum Gasteiger partial charge on any atom is 0.251 e. The number of hydrogen-bond donors (Lipinski definition) is 0. The lowest BCUT2D eigenvalue weighted by molar-refractivity contribution is 0.334. The molecule has 80 valence electrons. The molecule has 0 spiro atoms. The summed E-state index contributed by atoms with van der Waals surface area (Å²) in [7, 11) is 0. The molecule has 0 fully saturated rings. The lowest BCUT2D eigenvalue weighted by atomic mass is 10.3. The van der Waals surface area contributed by atoms with Gasteiger partial charge in [0, 0.05) is 6.07 Å². The molecule has 0 aliphatic heterocycles. The first kappa shape index (κ1) is 10.4. The summed E-state index contributed by atoms with van der Waals surface area (Å²) in [6.07, 6.45) is 0. The van der Waals surface area contributed by atoms with Gasteiger partial charge in [-0.25, -0.2) is 4.68 Å². The van der Waals surface area contributed by atoms with E-state index < -0.39 is 0 Å². The van der Waals surface area contributed by atoms with Crippen molar-refractivity contribution in [1.82, 2.24) is 19.9 Å². The summed E-state index contributed by atoms with van der Waals surface area (Å²) >= 11 is 11.6. The Bertz CT molecular complexity index is 479. The Hall–Kier alpha value is -1.07. The Morgan fingerprint density at radius 1 is 1.47 bits per heavy atom. The van der Waals surface area contributed by atoms with E-state index in [0.29, 0.717) is 22.0 Å². The normalized spacial score (nSPS) is 13.1. The molecule has 0 aliphatic rings. The fourth-order valence-electron chi connectivity index (χ4n) is 1.20. The fraction of sp³-hybridized carbons (Fsp3) is 0.375. The number of nitrogens with zero attached hydrogens (tertiary/aromatic N) is 4. The average molecular weight is 247 g/mol. The summed E-state index contributed by atoms with van der Waals surface area (Å²) in [4.78, 5) is 4.10. The van der Waals surface area contributed by atoms with Crippen LogP contribution in [0.25, 0.3) is 0 Å². The minimum absolute atomic E-state index is 0.230. The monoisotopic (exact) mass is 246 g/mol. The maximum absolute atomic E-state index is 5.92. The van der Waals surface area contributed by atoms with Crippen molar-refractivity contribution < 1.29 is 4.52 Å². The van der Waals surface area contributed by atoms with Crippen LogP contribution in [0.15, 0.2) is 10.6 Å². The molecule has 0 bridgehead atoms. The van der Waals surface area contributed by atoms with Crippen LogP contribution < -0.4 is 0 Å². The summed E-state index contributed by atoms with van der Waals surface area (Å²) in [5.74, 6) is 1.03. The Morgan fingerprint density at radius 3 is 2.67 bits per heavy atom. The first-order valence-corrected chi connectivity index (χ1v) is 5.04. The highest BCUT2D eigenvalue weighted by molar-refractivity contribution is 6.33. The molecule has 0 N–H and O–H groups in total. The molecule has 2 rings (SSSR count). The standard InChI is InChI=1S/C8H8Cl2N4O/c1-4(8-11-5(2)13-15-8)14-7(10)3-6(9)12-14/h3-4H,1-2H3. The molecular weight excluding hydrogens is 239 g/mol. The second kappa shape index (κ2) is 3.83. The second-order valence-electron chi connectivity index (χ2n) is 3.09. The zero-order valence-corrected chi connectivity index (χ0v) is 9.62. The molecule has 2 aromatic heterocycles. The molecule has 1 unspecified atom stereocenters. The van der Waals surface area contributed by atoms with Gasteiger partial charge in [0.2, 0.25) is 0 Å². The van der Waals surface area contributed by atoms with Gasteiger partial charge in [-0.15, -0.1) is 0 Å². The molecule has 0 amide bonds. The van der Waals surface area contributed by atoms with Gasteiger partial charge in [0.1, 0.15) is 11.2 Å². The van der Waals surface area contributed by atoms with Crippen LogP contribution in [0.2, 0.25) is 10.3 Å². The van der Waals surface area contributed by atoms with E-state index in [-0.39, 0.29) is 6.04 Å². The lowest BCUT2D eigenvalue weighted by Gasteiger charge is -2.07. The predicted octanol–water partition coefficient (Wildman–Crippen LogP) is 2.49. The van der Waals surface area contributed by atoms with Crippen molar-refractivity contribution in [1.29, 1.82) is 0 Å². The zero-order chi connectivity index (χ0) is 11.0. The van der Waals surface area contributed by atoms with Crippen LogP contribution in [0.3, 0.4) is 0 Å². The number of aryl methyl sites for hydroxylation is 1. The Morgan fingerprint density at radius 2 is 2.20 bits per heavy atom. The van der Waals surface area contributed by atoms with Crippen molar-refractivity contribution in [3.8, 4) is 0 Å². The summed E-state index contributed by atoms with van der Waals surface area (Å²) in [5.41, 5.74) is 0. The van der Waals surface area contributed by atoms with Gasteiger partial charge in [0.15, 0.2) is 11.0 Å². The van der Waals surface area contributed by atoms with Gasteiger partial charge < -0.3 is 4.52 Å². The van der Waals surface area contributed by atoms with Crippen molar-refractivity contribution in [2.45, 2.75) is 19.9 Å². The van der Waals surface area contributed by atoms with Gasteiger partial charge >= 0.3 is 0 Å². The fourth-order valence-corrected chi connectivity index (χ4v) is 1.73. The molecule has 0 radical (unpaired) electrons. The molecule has 0 aliphatic carbocycles. The molecule has 1 atom stereocenters. The van der Waals surface area contributed by atoms with Gasteiger partial charge in [-0.1, -0.05) is 28.4 Å². The van der Waals surface area contributed by atoms with Crippen LogP contribution in [0.4, 0.5) is 0 Å². The van der Waals surface area contributed by atoms with Crippen LogP contribution >= 0.6 is 23.2 Å². The molecular formula is C8H8Cl2N4O. The third-order valence-corrected chi connectivity index (χ3v) is 2.39. The van der Waals surface area contributed by atoms with Crippen molar-refractivity contribution in [3.05, 3.63) is 28.1 Å². The van der Waals surface area contributed by atoms with Crippen molar-refractivity contribution >= 4 is 23.2 Å². The summed E-state index contributed by atoms with van der Waals surface area (Å²) in [5, 5.41) is 8.48. The minimum atomic E-state index is -0.230. The number of aromatic nitrogens is 4. The van der Waals surface area contributed by atoms with E-state index >= 15 is 0 Å². The molecule has 0 saturated carbocycles. The Balaban J connectivity index is 2.35. The third kappa shape index (κ3) is 1.98. The van der Waals surface area contributed by atoms with Crippen LogP contribution in [0.5, 0.6) is 0 Å². The summed E-state index contributed by atoms with van der Waals surface area (Å²) in [6.45, 7) is 3.60. The third-order valence-electron chi connectivity index (χ3n) is 1.93. The SMILES string of the molecule is Cc1noc(C(C)n2nc(Cl)cc2Cl)n1. The van der Waals surface area contributed by atoms with E-state index in [2.05, 4.69) is 15.2 Å². The largest absolute Gasteiger partial charge is 0.337 e. The molecule has 2 heterocycles. The predicted molar refractivity (Wildman–Crippen MR) is 55.1 cm³/mol. The number of rotatable bonds is 2. The highest BCUT2D eigenvalue weighted by Gasteiger charge is 2.18. The molecule has 2 aromatic rings. The maximum atomic E-state index is 5.92. The number of hydrogen-bond acceptors (Lipinski definition) is 4. The van der Waals surface area contributed by atoms with E-state index in [1.54, 1.807) is 13.0 Å². The van der Waals surface area contributed by atoms with Crippen LogP contribution in [0, 0.1) is 6.92 Å². The van der Waals surface area contributed by atoms with E-state index in [0.717, 1.165) is 0 Å². The molecule has 7 heteroatoms. The highest BCUT2D eigenvalue weighted by Crippen LogP contribution is 2.23. The van der Waals surface area contributed by atoms with E-state index in [9.17, 15) is 0 Å². The summed E-state index contributed by atoms with van der Waals surface area (Å²) < 4.78 is 6.55. The van der Waals surface area contributed by atoms with Crippen molar-refractivity contribution in [3.63, 3.8) is 0 Å². The van der Waals surface area contributed by atoms with Gasteiger partial charge in [-0.2, -0.15) is 10.1 Å². The molecule has 5 nitrogen and oxygen atoms in total. The molecule has 15 heavy (non-hydrogen) atoms. The Labute approximate surface area is 96.0 Å². The summed E-state index contributed by atoms with van der Waals surface area (Å²) in [6, 6.07) is 1.33. The van der Waals surface area contributed by atoms with Gasteiger partial charge in [0.05, 0.1) is 0 Å². The van der Waals surface area contributed by atoms with Gasteiger partial charge in [-0.3, -0.25) is 0 Å². The second-order valence-corrected chi connectivity index (χ2v) is 3.86. The van der Waals surface area contributed by atoms with Crippen molar-refractivity contribution in [2.24, 2.45) is 0 Å². The average Bonchev–Trinajstić information content (AvgIpc) is 2.71. The van der Waals surface area contributed by atoms with Crippen LogP contribution in [0.1, 0.15) is 24.7 Å². The highest BCUT2D eigenvalue weighted by atomic mass is 35.5.